The van der Waals surface area contributed by atoms with Crippen molar-refractivity contribution in [2.45, 2.75) is 72.4 Å². The molecule has 1 aromatic heterocycles. The number of ether oxygens (including phenoxy) is 2. The molecule has 9 heteroatoms. The minimum absolute atomic E-state index is 0.110. The van der Waals surface area contributed by atoms with Gasteiger partial charge in [-0.2, -0.15) is 0 Å². The second-order valence-corrected chi connectivity index (χ2v) is 12.5. The third-order valence-corrected chi connectivity index (χ3v) is 9.53. The average molecular weight is 611 g/mol. The van der Waals surface area contributed by atoms with Crippen molar-refractivity contribution in [3.8, 4) is 5.75 Å². The molecular formula is C36H42N4O5. The van der Waals surface area contributed by atoms with Crippen molar-refractivity contribution >= 4 is 22.6 Å². The highest BCUT2D eigenvalue weighted by molar-refractivity contribution is 5.97. The molecule has 2 heterocycles. The lowest BCUT2D eigenvalue weighted by molar-refractivity contribution is 0.0527. The molecule has 4 aromatic rings. The molecule has 3 unspecified atom stereocenters. The Morgan fingerprint density at radius 1 is 1.04 bits per heavy atom. The van der Waals surface area contributed by atoms with Gasteiger partial charge in [0, 0.05) is 18.5 Å². The molecule has 0 saturated carbocycles. The summed E-state index contributed by atoms with van der Waals surface area (Å²) in [5.74, 6) is 1.23. The highest BCUT2D eigenvalue weighted by Crippen LogP contribution is 2.45. The molecule has 1 fully saturated rings. The maximum Gasteiger partial charge on any atom is 0.350 e. The van der Waals surface area contributed by atoms with E-state index < -0.39 is 11.7 Å². The van der Waals surface area contributed by atoms with E-state index in [2.05, 4.69) is 22.9 Å². The number of carbonyl (C=O) groups is 1. The van der Waals surface area contributed by atoms with Gasteiger partial charge in [0.05, 0.1) is 35.9 Å². The summed E-state index contributed by atoms with van der Waals surface area (Å²) in [7, 11) is 1.72. The SMILES string of the molecule is CCOC(=O)c1cc(C)cc(C)c1Nn1c(=O)n(CCC2NCC3CCc4c(OC)cccc4C32)c(=O)c2cc(C)cc(C)c21. The van der Waals surface area contributed by atoms with Gasteiger partial charge in [-0.3, -0.25) is 14.8 Å². The van der Waals surface area contributed by atoms with Crippen molar-refractivity contribution in [3.05, 3.63) is 102 Å². The van der Waals surface area contributed by atoms with E-state index in [1.807, 2.05) is 52.0 Å². The Morgan fingerprint density at radius 3 is 2.56 bits per heavy atom. The standard InChI is InChI=1S/C36H42N4O5/c1-7-45-35(42)27-17-20(2)15-22(4)32(27)38-40-33-23(5)16-21(3)18-28(33)34(41)39(36(40)43)14-13-29-31-24(19-37-29)11-12-25-26(31)9-8-10-30(25)44-6/h8-10,15-18,24,29,31,37-38H,7,11-14,19H2,1-6H3. The van der Waals surface area contributed by atoms with E-state index in [4.69, 9.17) is 9.47 Å². The molecule has 6 rings (SSSR count). The summed E-state index contributed by atoms with van der Waals surface area (Å²) in [5, 5.41) is 4.16. The van der Waals surface area contributed by atoms with Gasteiger partial charge in [-0.1, -0.05) is 24.3 Å². The number of esters is 1. The lowest BCUT2D eigenvalue weighted by Gasteiger charge is -2.32. The Labute approximate surface area is 263 Å². The van der Waals surface area contributed by atoms with Crippen LogP contribution in [0, 0.1) is 33.6 Å². The topological polar surface area (TPSA) is 104 Å². The first kappa shape index (κ1) is 30.6. The monoisotopic (exact) mass is 610 g/mol. The van der Waals surface area contributed by atoms with Crippen LogP contribution in [0.25, 0.3) is 10.9 Å². The Morgan fingerprint density at radius 2 is 1.80 bits per heavy atom. The number of rotatable bonds is 8. The summed E-state index contributed by atoms with van der Waals surface area (Å²) in [6.45, 7) is 10.8. The quantitative estimate of drug-likeness (QED) is 0.266. The van der Waals surface area contributed by atoms with E-state index in [0.717, 1.165) is 47.4 Å². The van der Waals surface area contributed by atoms with Gasteiger partial charge in [0.15, 0.2) is 0 Å². The van der Waals surface area contributed by atoms with Gasteiger partial charge < -0.3 is 14.8 Å². The lowest BCUT2D eigenvalue weighted by atomic mass is 9.73. The summed E-state index contributed by atoms with van der Waals surface area (Å²) in [4.78, 5) is 41.3. The van der Waals surface area contributed by atoms with Gasteiger partial charge in [-0.25, -0.2) is 14.3 Å². The van der Waals surface area contributed by atoms with Crippen molar-refractivity contribution in [1.82, 2.24) is 14.6 Å². The molecule has 0 amide bonds. The van der Waals surface area contributed by atoms with Crippen LogP contribution >= 0.6 is 0 Å². The van der Waals surface area contributed by atoms with E-state index in [1.54, 1.807) is 20.1 Å². The summed E-state index contributed by atoms with van der Waals surface area (Å²) >= 11 is 0. The third-order valence-electron chi connectivity index (χ3n) is 9.53. The van der Waals surface area contributed by atoms with E-state index in [0.29, 0.717) is 34.5 Å². The largest absolute Gasteiger partial charge is 0.496 e. The summed E-state index contributed by atoms with van der Waals surface area (Å²) in [6, 6.07) is 13.9. The first-order chi connectivity index (χ1) is 21.6. The second-order valence-electron chi connectivity index (χ2n) is 12.5. The van der Waals surface area contributed by atoms with Crippen LogP contribution in [0.4, 0.5) is 5.69 Å². The number of nitrogens with zero attached hydrogens (tertiary/aromatic N) is 2. The molecular weight excluding hydrogens is 568 g/mol. The summed E-state index contributed by atoms with van der Waals surface area (Å²) in [5.41, 5.74) is 9.75. The van der Waals surface area contributed by atoms with Crippen LogP contribution in [0.3, 0.4) is 0 Å². The third kappa shape index (κ3) is 5.43. The van der Waals surface area contributed by atoms with Crippen LogP contribution in [0.15, 0.2) is 52.1 Å². The lowest BCUT2D eigenvalue weighted by Crippen LogP contribution is -2.44. The molecule has 2 aliphatic rings. The zero-order valence-corrected chi connectivity index (χ0v) is 27.0. The molecule has 0 spiro atoms. The van der Waals surface area contributed by atoms with Gasteiger partial charge in [-0.05, 0) is 118 Å². The fourth-order valence-electron chi connectivity index (χ4n) is 7.64. The molecule has 3 atom stereocenters. The molecule has 9 nitrogen and oxygen atoms in total. The maximum absolute atomic E-state index is 14.3. The van der Waals surface area contributed by atoms with Crippen molar-refractivity contribution < 1.29 is 14.3 Å². The van der Waals surface area contributed by atoms with Crippen LogP contribution in [0.5, 0.6) is 5.75 Å². The van der Waals surface area contributed by atoms with E-state index in [-0.39, 0.29) is 30.7 Å². The maximum atomic E-state index is 14.3. The van der Waals surface area contributed by atoms with Crippen LogP contribution in [-0.4, -0.2) is 41.5 Å². The first-order valence-corrected chi connectivity index (χ1v) is 15.8. The van der Waals surface area contributed by atoms with E-state index in [9.17, 15) is 14.4 Å². The smallest absolute Gasteiger partial charge is 0.350 e. The molecule has 0 bridgehead atoms. The first-order valence-electron chi connectivity index (χ1n) is 15.8. The number of aromatic nitrogens is 2. The van der Waals surface area contributed by atoms with Crippen LogP contribution in [0.1, 0.15) is 69.4 Å². The Balaban J connectivity index is 1.43. The highest BCUT2D eigenvalue weighted by Gasteiger charge is 2.40. The van der Waals surface area contributed by atoms with Crippen LogP contribution in [-0.2, 0) is 17.7 Å². The second kappa shape index (κ2) is 12.2. The number of aryl methyl sites for hydroxylation is 4. The number of hydrogen-bond donors (Lipinski definition) is 2. The summed E-state index contributed by atoms with van der Waals surface area (Å²) < 4.78 is 13.8. The van der Waals surface area contributed by atoms with Crippen molar-refractivity contribution in [2.24, 2.45) is 5.92 Å². The predicted molar refractivity (Wildman–Crippen MR) is 177 cm³/mol. The van der Waals surface area contributed by atoms with Crippen molar-refractivity contribution in [3.63, 3.8) is 0 Å². The minimum Gasteiger partial charge on any atom is -0.496 e. The number of methoxy groups -OCH3 is 1. The molecule has 3 aromatic carbocycles. The van der Waals surface area contributed by atoms with Crippen molar-refractivity contribution in [2.75, 3.05) is 25.7 Å². The minimum atomic E-state index is -0.477. The zero-order chi connectivity index (χ0) is 32.0. The molecule has 236 valence electrons. The molecule has 1 aliphatic carbocycles. The molecule has 2 N–H and O–H groups in total. The van der Waals surface area contributed by atoms with E-state index in [1.165, 1.54) is 20.4 Å². The molecule has 1 aliphatic heterocycles. The van der Waals surface area contributed by atoms with Gasteiger partial charge in [0.25, 0.3) is 5.56 Å². The molecule has 0 radical (unpaired) electrons. The fraction of sp³-hybridized carbons (Fsp3) is 0.417. The number of hydrogen-bond acceptors (Lipinski definition) is 7. The highest BCUT2D eigenvalue weighted by atomic mass is 16.5. The predicted octanol–water partition coefficient (Wildman–Crippen LogP) is 5.17. The van der Waals surface area contributed by atoms with Gasteiger partial charge in [-0.15, -0.1) is 0 Å². The Kier molecular flexibility index (Phi) is 8.31. The zero-order valence-electron chi connectivity index (χ0n) is 27.0. The number of anilines is 1. The molecule has 45 heavy (non-hydrogen) atoms. The average Bonchev–Trinajstić information content (AvgIpc) is 3.43. The number of benzene rings is 3. The fourth-order valence-corrected chi connectivity index (χ4v) is 7.64. The van der Waals surface area contributed by atoms with Gasteiger partial charge >= 0.3 is 11.7 Å². The number of nitrogens with one attached hydrogen (secondary N) is 2. The van der Waals surface area contributed by atoms with Crippen LogP contribution in [0.2, 0.25) is 0 Å². The van der Waals surface area contributed by atoms with E-state index >= 15 is 0 Å². The number of fused-ring (bicyclic) bond motifs is 4. The number of carbonyl (C=O) groups excluding carboxylic acids is 1. The van der Waals surface area contributed by atoms with Crippen molar-refractivity contribution in [1.29, 1.82) is 0 Å². The summed E-state index contributed by atoms with van der Waals surface area (Å²) in [6.07, 6.45) is 2.67. The Hall–Kier alpha value is -4.37. The molecule has 1 saturated heterocycles. The Bertz CT molecular complexity index is 1920. The van der Waals surface area contributed by atoms with Gasteiger partial charge in [0.1, 0.15) is 5.75 Å². The van der Waals surface area contributed by atoms with Crippen LogP contribution < -0.4 is 26.7 Å². The normalized spacial score (nSPS) is 18.8. The van der Waals surface area contributed by atoms with Gasteiger partial charge in [0.2, 0.25) is 0 Å².